The molecule has 0 radical (unpaired) electrons. The van der Waals surface area contributed by atoms with E-state index in [-0.39, 0.29) is 12.6 Å². The van der Waals surface area contributed by atoms with Crippen molar-refractivity contribution in [3.63, 3.8) is 0 Å². The van der Waals surface area contributed by atoms with Crippen molar-refractivity contribution in [3.05, 3.63) is 33.8 Å². The van der Waals surface area contributed by atoms with E-state index in [2.05, 4.69) is 5.32 Å². The van der Waals surface area contributed by atoms with Gasteiger partial charge in [-0.1, -0.05) is 35.3 Å². The third kappa shape index (κ3) is 4.03. The molecule has 20 heavy (non-hydrogen) atoms. The summed E-state index contributed by atoms with van der Waals surface area (Å²) in [5, 5.41) is 24.2. The molecule has 1 saturated heterocycles. The number of rotatable bonds is 5. The molecule has 1 aromatic carbocycles. The Morgan fingerprint density at radius 1 is 1.30 bits per heavy atom. The first-order valence-corrected chi connectivity index (χ1v) is 8.55. The van der Waals surface area contributed by atoms with Crippen LogP contribution >= 0.6 is 35.0 Å². The molecule has 1 unspecified atom stereocenters. The number of aliphatic hydroxyl groups is 2. The van der Waals surface area contributed by atoms with Crippen molar-refractivity contribution >= 4 is 35.0 Å². The first-order chi connectivity index (χ1) is 9.56. The molecule has 1 atom stereocenters. The third-order valence-corrected chi connectivity index (χ3v) is 5.46. The second-order valence-corrected chi connectivity index (χ2v) is 7.11. The molecule has 0 bridgehead atoms. The highest BCUT2D eigenvalue weighted by molar-refractivity contribution is 7.99. The van der Waals surface area contributed by atoms with Crippen LogP contribution in [0.4, 0.5) is 0 Å². The second-order valence-electron chi connectivity index (χ2n) is 5.10. The van der Waals surface area contributed by atoms with Crippen molar-refractivity contribution in [2.24, 2.45) is 0 Å². The highest BCUT2D eigenvalue weighted by Gasteiger charge is 2.30. The summed E-state index contributed by atoms with van der Waals surface area (Å²) in [6.07, 6.45) is 1.54. The summed E-state index contributed by atoms with van der Waals surface area (Å²) in [7, 11) is 0. The number of hydrogen-bond donors (Lipinski definition) is 3. The van der Waals surface area contributed by atoms with Crippen molar-refractivity contribution in [3.8, 4) is 0 Å². The van der Waals surface area contributed by atoms with Gasteiger partial charge in [0, 0.05) is 6.54 Å². The summed E-state index contributed by atoms with van der Waals surface area (Å²) >= 11 is 14.0. The fraction of sp³-hybridized carbons (Fsp3) is 0.571. The molecule has 1 aromatic rings. The fourth-order valence-electron chi connectivity index (χ4n) is 2.30. The third-order valence-electron chi connectivity index (χ3n) is 3.64. The molecule has 0 spiro atoms. The minimum Gasteiger partial charge on any atom is -0.394 e. The van der Waals surface area contributed by atoms with Crippen LogP contribution in [0.25, 0.3) is 0 Å². The Kier molecular flexibility index (Phi) is 6.02. The van der Waals surface area contributed by atoms with E-state index in [9.17, 15) is 10.2 Å². The van der Waals surface area contributed by atoms with Gasteiger partial charge >= 0.3 is 0 Å². The molecule has 0 saturated carbocycles. The van der Waals surface area contributed by atoms with Crippen LogP contribution in [0.5, 0.6) is 0 Å². The molecular formula is C14H19Cl2NO2S. The van der Waals surface area contributed by atoms with E-state index in [1.54, 1.807) is 12.1 Å². The summed E-state index contributed by atoms with van der Waals surface area (Å²) in [6, 6.07) is 5.04. The lowest BCUT2D eigenvalue weighted by Gasteiger charge is -2.33. The topological polar surface area (TPSA) is 52.5 Å². The lowest BCUT2D eigenvalue weighted by molar-refractivity contribution is 0.0274. The highest BCUT2D eigenvalue weighted by Crippen LogP contribution is 2.31. The van der Waals surface area contributed by atoms with Crippen LogP contribution in [-0.2, 0) is 0 Å². The predicted molar refractivity (Wildman–Crippen MR) is 85.8 cm³/mol. The molecule has 1 fully saturated rings. The van der Waals surface area contributed by atoms with Gasteiger partial charge in [0.05, 0.1) is 28.3 Å². The smallest absolute Gasteiger partial charge is 0.0787 e. The molecule has 3 nitrogen and oxygen atoms in total. The maximum Gasteiger partial charge on any atom is 0.0787 e. The Labute approximate surface area is 133 Å². The molecule has 112 valence electrons. The first kappa shape index (κ1) is 16.4. The predicted octanol–water partition coefficient (Wildman–Crippen LogP) is 2.87. The normalized spacial score (nSPS) is 19.8. The molecule has 1 heterocycles. The summed E-state index contributed by atoms with van der Waals surface area (Å²) in [6.45, 7) is 0.354. The van der Waals surface area contributed by atoms with E-state index < -0.39 is 5.60 Å². The van der Waals surface area contributed by atoms with Crippen LogP contribution in [0.15, 0.2) is 18.2 Å². The molecule has 2 rings (SSSR count). The standard InChI is InChI=1S/C14H19Cl2NO2S/c15-11-3-1-2-10(13(11)16)12(8-18)17-9-14(19)4-6-20-7-5-14/h1-3,12,17-19H,4-9H2. The van der Waals surface area contributed by atoms with Gasteiger partial charge in [0.1, 0.15) is 0 Å². The van der Waals surface area contributed by atoms with Crippen LogP contribution in [-0.4, -0.2) is 40.5 Å². The van der Waals surface area contributed by atoms with Crippen LogP contribution in [0.2, 0.25) is 10.0 Å². The van der Waals surface area contributed by atoms with Gasteiger partial charge in [-0.05, 0) is 36.0 Å². The van der Waals surface area contributed by atoms with E-state index in [1.165, 1.54) is 0 Å². The molecule has 0 amide bonds. The summed E-state index contributed by atoms with van der Waals surface area (Å²) in [5.74, 6) is 1.94. The van der Waals surface area contributed by atoms with Gasteiger partial charge in [-0.25, -0.2) is 0 Å². The SMILES string of the molecule is OCC(NCC1(O)CCSCC1)c1cccc(Cl)c1Cl. The molecule has 0 aliphatic carbocycles. The fourth-order valence-corrected chi connectivity index (χ4v) is 4.00. The molecule has 0 aromatic heterocycles. The number of benzene rings is 1. The lowest BCUT2D eigenvalue weighted by atomic mass is 9.96. The van der Waals surface area contributed by atoms with E-state index >= 15 is 0 Å². The average molecular weight is 336 g/mol. The molecule has 1 aliphatic rings. The van der Waals surface area contributed by atoms with Crippen LogP contribution in [0, 0.1) is 0 Å². The average Bonchev–Trinajstić information content (AvgIpc) is 2.44. The maximum absolute atomic E-state index is 10.5. The van der Waals surface area contributed by atoms with Gasteiger partial charge in [0.2, 0.25) is 0 Å². The Bertz CT molecular complexity index is 453. The van der Waals surface area contributed by atoms with Gasteiger partial charge in [-0.3, -0.25) is 0 Å². The Balaban J connectivity index is 2.03. The van der Waals surface area contributed by atoms with Crippen molar-refractivity contribution in [1.82, 2.24) is 5.32 Å². The zero-order valence-corrected chi connectivity index (χ0v) is 13.4. The highest BCUT2D eigenvalue weighted by atomic mass is 35.5. The first-order valence-electron chi connectivity index (χ1n) is 6.64. The van der Waals surface area contributed by atoms with Crippen LogP contribution < -0.4 is 5.32 Å². The molecule has 6 heteroatoms. The van der Waals surface area contributed by atoms with Gasteiger partial charge in [0.15, 0.2) is 0 Å². The van der Waals surface area contributed by atoms with Crippen LogP contribution in [0.1, 0.15) is 24.4 Å². The molecular weight excluding hydrogens is 317 g/mol. The molecule has 1 aliphatic heterocycles. The zero-order chi connectivity index (χ0) is 14.6. The molecule has 3 N–H and O–H groups in total. The number of halogens is 2. The van der Waals surface area contributed by atoms with Gasteiger partial charge in [-0.2, -0.15) is 11.8 Å². The Morgan fingerprint density at radius 2 is 2.00 bits per heavy atom. The van der Waals surface area contributed by atoms with Gasteiger partial charge < -0.3 is 15.5 Å². The zero-order valence-electron chi connectivity index (χ0n) is 11.1. The quantitative estimate of drug-likeness (QED) is 0.774. The van der Waals surface area contributed by atoms with Crippen LogP contribution in [0.3, 0.4) is 0 Å². The number of hydrogen-bond acceptors (Lipinski definition) is 4. The minimum atomic E-state index is -0.691. The summed E-state index contributed by atoms with van der Waals surface area (Å²) in [4.78, 5) is 0. The number of thioether (sulfide) groups is 1. The maximum atomic E-state index is 10.5. The van der Waals surface area contributed by atoms with Crippen molar-refractivity contribution in [1.29, 1.82) is 0 Å². The Hall–Kier alpha value is 0.0300. The van der Waals surface area contributed by atoms with Crippen molar-refractivity contribution in [2.45, 2.75) is 24.5 Å². The van der Waals surface area contributed by atoms with E-state index in [0.29, 0.717) is 16.6 Å². The Morgan fingerprint density at radius 3 is 2.65 bits per heavy atom. The summed E-state index contributed by atoms with van der Waals surface area (Å²) < 4.78 is 0. The minimum absolute atomic E-state index is 0.0924. The second kappa shape index (κ2) is 7.34. The van der Waals surface area contributed by atoms with Crippen molar-refractivity contribution in [2.75, 3.05) is 24.7 Å². The monoisotopic (exact) mass is 335 g/mol. The van der Waals surface area contributed by atoms with Gasteiger partial charge in [-0.15, -0.1) is 0 Å². The van der Waals surface area contributed by atoms with Gasteiger partial charge in [0.25, 0.3) is 0 Å². The number of nitrogens with one attached hydrogen (secondary N) is 1. The lowest BCUT2D eigenvalue weighted by Crippen LogP contribution is -2.45. The summed E-state index contributed by atoms with van der Waals surface area (Å²) in [5.41, 5.74) is 0.0689. The van der Waals surface area contributed by atoms with E-state index in [0.717, 1.165) is 29.9 Å². The number of aliphatic hydroxyl groups excluding tert-OH is 1. The van der Waals surface area contributed by atoms with Crippen molar-refractivity contribution < 1.29 is 10.2 Å². The van der Waals surface area contributed by atoms with E-state index in [1.807, 2.05) is 17.8 Å². The van der Waals surface area contributed by atoms with E-state index in [4.69, 9.17) is 23.2 Å². The largest absolute Gasteiger partial charge is 0.394 e.